The third kappa shape index (κ3) is 4.08. The second-order valence-corrected chi connectivity index (χ2v) is 12.5. The molecular formula is C29H48O5. The van der Waals surface area contributed by atoms with Gasteiger partial charge in [0.15, 0.2) is 0 Å². The summed E-state index contributed by atoms with van der Waals surface area (Å²) in [6.45, 7) is 11.6. The Morgan fingerprint density at radius 3 is 2.59 bits per heavy atom. The van der Waals surface area contributed by atoms with E-state index in [-0.39, 0.29) is 47.3 Å². The van der Waals surface area contributed by atoms with Crippen molar-refractivity contribution in [2.45, 2.75) is 98.2 Å². The highest BCUT2D eigenvalue weighted by Crippen LogP contribution is 2.68. The first-order valence-corrected chi connectivity index (χ1v) is 13.9. The number of rotatable bonds is 7. The molecule has 5 nitrogen and oxygen atoms in total. The highest BCUT2D eigenvalue weighted by atomic mass is 16.5. The second kappa shape index (κ2) is 9.86. The topological polar surface area (TPSA) is 87.0 Å². The molecule has 3 saturated carbocycles. The van der Waals surface area contributed by atoms with E-state index >= 15 is 0 Å². The van der Waals surface area contributed by atoms with Crippen molar-refractivity contribution in [1.82, 2.24) is 0 Å². The summed E-state index contributed by atoms with van der Waals surface area (Å²) >= 11 is 0. The van der Waals surface area contributed by atoms with E-state index in [0.29, 0.717) is 43.1 Å². The molecular weight excluding hydrogens is 428 g/mol. The molecule has 0 amide bonds. The number of hydrogen-bond acceptors (Lipinski definition) is 5. The smallest absolute Gasteiger partial charge is 0.305 e. The summed E-state index contributed by atoms with van der Waals surface area (Å²) in [7, 11) is 0. The third-order valence-corrected chi connectivity index (χ3v) is 11.1. The molecule has 5 unspecified atom stereocenters. The van der Waals surface area contributed by atoms with E-state index in [9.17, 15) is 20.1 Å². The molecule has 0 aliphatic heterocycles. The van der Waals surface area contributed by atoms with Crippen molar-refractivity contribution in [2.75, 3.05) is 13.2 Å². The average Bonchev–Trinajstić information content (AvgIpc) is 3.16. The Balaban J connectivity index is 1.58. The molecule has 0 bridgehead atoms. The minimum Gasteiger partial charge on any atom is -0.466 e. The lowest BCUT2D eigenvalue weighted by Gasteiger charge is -2.65. The zero-order valence-electron chi connectivity index (χ0n) is 22.0. The highest BCUT2D eigenvalue weighted by Gasteiger charge is 2.64. The van der Waals surface area contributed by atoms with Crippen molar-refractivity contribution in [2.24, 2.45) is 52.3 Å². The van der Waals surface area contributed by atoms with Crippen LogP contribution in [0.1, 0.15) is 86.0 Å². The van der Waals surface area contributed by atoms with E-state index < -0.39 is 6.10 Å². The Hall–Kier alpha value is -0.910. The first-order chi connectivity index (χ1) is 16.1. The Labute approximate surface area is 206 Å². The van der Waals surface area contributed by atoms with Crippen molar-refractivity contribution in [3.63, 3.8) is 0 Å². The fourth-order valence-electron chi connectivity index (χ4n) is 9.43. The summed E-state index contributed by atoms with van der Waals surface area (Å²) in [4.78, 5) is 12.0. The van der Waals surface area contributed by atoms with E-state index in [4.69, 9.17) is 4.74 Å². The maximum absolute atomic E-state index is 12.0. The van der Waals surface area contributed by atoms with Gasteiger partial charge in [0, 0.05) is 18.9 Å². The lowest BCUT2D eigenvalue weighted by Crippen LogP contribution is -2.63. The quantitative estimate of drug-likeness (QED) is 0.365. The summed E-state index contributed by atoms with van der Waals surface area (Å²) in [5.41, 5.74) is 1.61. The number of ether oxygens (including phenoxy) is 1. The normalized spacial score (nSPS) is 46.6. The third-order valence-electron chi connectivity index (χ3n) is 11.1. The first-order valence-electron chi connectivity index (χ1n) is 13.9. The van der Waals surface area contributed by atoms with Crippen LogP contribution in [0.25, 0.3) is 0 Å². The molecule has 0 radical (unpaired) electrons. The zero-order chi connectivity index (χ0) is 24.8. The van der Waals surface area contributed by atoms with E-state index in [2.05, 4.69) is 33.8 Å². The maximum Gasteiger partial charge on any atom is 0.305 e. The van der Waals surface area contributed by atoms with Gasteiger partial charge >= 0.3 is 5.97 Å². The maximum atomic E-state index is 12.0. The van der Waals surface area contributed by atoms with Crippen LogP contribution in [0, 0.1) is 52.3 Å². The fourth-order valence-corrected chi connectivity index (χ4v) is 9.43. The van der Waals surface area contributed by atoms with Crippen LogP contribution in [0.4, 0.5) is 0 Å². The minimum atomic E-state index is -0.463. The van der Waals surface area contributed by atoms with E-state index in [1.54, 1.807) is 0 Å². The molecule has 3 fully saturated rings. The predicted octanol–water partition coefficient (Wildman–Crippen LogP) is 4.73. The molecule has 0 aromatic heterocycles. The van der Waals surface area contributed by atoms with Gasteiger partial charge in [0.1, 0.15) is 0 Å². The predicted molar refractivity (Wildman–Crippen MR) is 133 cm³/mol. The molecule has 4 rings (SSSR count). The van der Waals surface area contributed by atoms with Gasteiger partial charge in [0.05, 0.1) is 18.8 Å². The molecule has 5 heteroatoms. The summed E-state index contributed by atoms with van der Waals surface area (Å²) in [5.74, 6) is 1.80. The Bertz CT molecular complexity index is 778. The number of hydrogen-bond donors (Lipinski definition) is 3. The second-order valence-electron chi connectivity index (χ2n) is 12.5. The van der Waals surface area contributed by atoms with Gasteiger partial charge in [-0.3, -0.25) is 4.79 Å². The Morgan fingerprint density at radius 2 is 1.94 bits per heavy atom. The van der Waals surface area contributed by atoms with Gasteiger partial charge < -0.3 is 20.1 Å². The monoisotopic (exact) mass is 476 g/mol. The van der Waals surface area contributed by atoms with Crippen LogP contribution in [-0.2, 0) is 9.53 Å². The number of fused-ring (bicyclic) bond motifs is 5. The van der Waals surface area contributed by atoms with E-state index in [1.165, 1.54) is 5.57 Å². The molecule has 11 atom stereocenters. The van der Waals surface area contributed by atoms with Crippen LogP contribution >= 0.6 is 0 Å². The summed E-state index contributed by atoms with van der Waals surface area (Å²) in [6, 6.07) is 0. The molecule has 0 spiro atoms. The van der Waals surface area contributed by atoms with E-state index in [1.807, 2.05) is 6.92 Å². The number of esters is 1. The van der Waals surface area contributed by atoms with Gasteiger partial charge in [0.2, 0.25) is 0 Å². The van der Waals surface area contributed by atoms with Gasteiger partial charge in [-0.2, -0.15) is 0 Å². The molecule has 0 aromatic rings. The molecule has 4 aliphatic rings. The van der Waals surface area contributed by atoms with Gasteiger partial charge in [-0.15, -0.1) is 0 Å². The van der Waals surface area contributed by atoms with Gasteiger partial charge in [-0.1, -0.05) is 45.8 Å². The van der Waals surface area contributed by atoms with Crippen LogP contribution in [0.2, 0.25) is 0 Å². The lowest BCUT2D eigenvalue weighted by atomic mass is 9.40. The Kier molecular flexibility index (Phi) is 7.59. The molecule has 0 saturated heterocycles. The number of aliphatic hydroxyl groups is 3. The van der Waals surface area contributed by atoms with Crippen molar-refractivity contribution in [3.05, 3.63) is 11.6 Å². The summed E-state index contributed by atoms with van der Waals surface area (Å²) < 4.78 is 5.16. The zero-order valence-corrected chi connectivity index (χ0v) is 22.0. The fraction of sp³-hybridized carbons (Fsp3) is 0.897. The first kappa shape index (κ1) is 26.2. The van der Waals surface area contributed by atoms with Crippen molar-refractivity contribution in [3.8, 4) is 0 Å². The summed E-state index contributed by atoms with van der Waals surface area (Å²) in [6.07, 6.45) is 8.63. The lowest BCUT2D eigenvalue weighted by molar-refractivity contribution is -0.209. The number of aliphatic hydroxyl groups excluding tert-OH is 3. The molecule has 4 aliphatic carbocycles. The van der Waals surface area contributed by atoms with Crippen molar-refractivity contribution >= 4 is 5.97 Å². The highest BCUT2D eigenvalue weighted by molar-refractivity contribution is 5.69. The van der Waals surface area contributed by atoms with Crippen LogP contribution in [0.15, 0.2) is 11.6 Å². The van der Waals surface area contributed by atoms with E-state index in [0.717, 1.165) is 38.5 Å². The largest absolute Gasteiger partial charge is 0.466 e. The molecule has 0 aromatic carbocycles. The van der Waals surface area contributed by atoms with Crippen molar-refractivity contribution in [1.29, 1.82) is 0 Å². The van der Waals surface area contributed by atoms with Gasteiger partial charge in [-0.25, -0.2) is 0 Å². The minimum absolute atomic E-state index is 0.0467. The average molecular weight is 477 g/mol. The van der Waals surface area contributed by atoms with Gasteiger partial charge in [-0.05, 0) is 91.8 Å². The standard InChI is InChI=1S/C29H48O5/c1-6-19-23-14-24(31)18(16-30)15-29(23,5)22-12-13-28(4)20(9-10-21(28)26(22)27(19)33)17(3)8-11-25(32)34-7-2/h9,17-19,21-24,26-27,30-31,33H,6-8,10-16H2,1-5H3/t17-,18?,19-,21+,22+,23?,24?,26?,27-,28?,29-/m1/s1. The Morgan fingerprint density at radius 1 is 1.21 bits per heavy atom. The number of carbonyl (C=O) groups is 1. The van der Waals surface area contributed by atoms with Crippen molar-refractivity contribution < 1.29 is 24.9 Å². The number of carbonyl (C=O) groups excluding carboxylic acids is 1. The van der Waals surface area contributed by atoms with Crippen LogP contribution in [0.5, 0.6) is 0 Å². The van der Waals surface area contributed by atoms with Crippen LogP contribution in [-0.4, -0.2) is 46.7 Å². The molecule has 194 valence electrons. The number of allylic oxidation sites excluding steroid dienone is 2. The van der Waals surface area contributed by atoms with Crippen LogP contribution in [0.3, 0.4) is 0 Å². The van der Waals surface area contributed by atoms with Crippen LogP contribution < -0.4 is 0 Å². The van der Waals surface area contributed by atoms with Gasteiger partial charge in [0.25, 0.3) is 0 Å². The molecule has 34 heavy (non-hydrogen) atoms. The summed E-state index contributed by atoms with van der Waals surface area (Å²) in [5, 5.41) is 32.6. The molecule has 0 heterocycles. The SMILES string of the molecule is CCOC(=O)CC[C@@H](C)C1=CC[C@H]2C3[C@H](O)[C@H](CC)C4CC(O)C(CO)C[C@]4(C)[C@H]3CCC12C. The molecule has 3 N–H and O–H groups in total.